The largest absolute Gasteiger partial charge is 0.243 e. The fourth-order valence-electron chi connectivity index (χ4n) is 6.61. The maximum atomic E-state index is 13.6. The third kappa shape index (κ3) is 3.38. The minimum absolute atomic E-state index is 0.187. The van der Waals surface area contributed by atoms with E-state index in [4.69, 9.17) is 0 Å². The van der Waals surface area contributed by atoms with E-state index in [-0.39, 0.29) is 23.1 Å². The maximum absolute atomic E-state index is 13.6. The van der Waals surface area contributed by atoms with Crippen molar-refractivity contribution in [1.29, 1.82) is 0 Å². The molecule has 1 saturated heterocycles. The van der Waals surface area contributed by atoms with Crippen molar-refractivity contribution in [2.24, 2.45) is 5.92 Å². The first kappa shape index (κ1) is 23.3. The molecule has 7 heteroatoms. The monoisotopic (exact) mass is 523 g/mol. The first-order chi connectivity index (χ1) is 18.4. The van der Waals surface area contributed by atoms with Gasteiger partial charge in [-0.15, -0.1) is 0 Å². The summed E-state index contributed by atoms with van der Waals surface area (Å²) in [4.78, 5) is 0.334. The Morgan fingerprint density at radius 3 is 2.32 bits per heavy atom. The Morgan fingerprint density at radius 1 is 0.921 bits per heavy atom. The summed E-state index contributed by atoms with van der Waals surface area (Å²) in [6.07, 6.45) is 1.83. The Hall–Kier alpha value is -3.81. The van der Waals surface area contributed by atoms with E-state index in [9.17, 15) is 12.8 Å². The van der Waals surface area contributed by atoms with Crippen LogP contribution in [0.1, 0.15) is 22.6 Å². The second-order valence-electron chi connectivity index (χ2n) is 10.4. The highest BCUT2D eigenvalue weighted by atomic mass is 32.2. The van der Waals surface area contributed by atoms with Gasteiger partial charge in [0.1, 0.15) is 5.82 Å². The molecule has 1 aliphatic heterocycles. The second kappa shape index (κ2) is 8.35. The Balaban J connectivity index is 1.33. The normalized spacial score (nSPS) is 23.0. The first-order valence-electron chi connectivity index (χ1n) is 12.7. The zero-order chi connectivity index (χ0) is 26.1. The Bertz CT molecular complexity index is 1770. The number of hydrogen-bond donors (Lipinski definition) is 0. The number of fused-ring (bicyclic) bond motifs is 2. The lowest BCUT2D eigenvalue weighted by atomic mass is 9.87. The quantitative estimate of drug-likeness (QED) is 0.291. The minimum atomic E-state index is -3.60. The second-order valence-corrected chi connectivity index (χ2v) is 12.3. The lowest BCUT2D eigenvalue weighted by Gasteiger charge is -2.25. The van der Waals surface area contributed by atoms with Crippen molar-refractivity contribution in [3.05, 3.63) is 126 Å². The van der Waals surface area contributed by atoms with Gasteiger partial charge in [0, 0.05) is 29.8 Å². The summed E-state index contributed by atoms with van der Waals surface area (Å²) in [5.74, 6) is 0.145. The molecule has 190 valence electrons. The number of halogens is 1. The van der Waals surface area contributed by atoms with Gasteiger partial charge in [0.05, 0.1) is 22.3 Å². The van der Waals surface area contributed by atoms with Gasteiger partial charge in [-0.1, -0.05) is 48.5 Å². The van der Waals surface area contributed by atoms with E-state index in [0.29, 0.717) is 18.0 Å². The molecule has 2 heterocycles. The molecule has 1 aromatic heterocycles. The van der Waals surface area contributed by atoms with Gasteiger partial charge in [0.2, 0.25) is 10.0 Å². The molecule has 0 radical (unpaired) electrons. The average Bonchev–Trinajstić information content (AvgIpc) is 3.20. The van der Waals surface area contributed by atoms with Crippen molar-refractivity contribution < 1.29 is 12.8 Å². The Morgan fingerprint density at radius 2 is 1.61 bits per heavy atom. The highest BCUT2D eigenvalue weighted by Crippen LogP contribution is 2.70. The summed E-state index contributed by atoms with van der Waals surface area (Å²) in [5, 5.41) is 5.58. The van der Waals surface area contributed by atoms with Crippen LogP contribution in [0.15, 0.2) is 108 Å². The van der Waals surface area contributed by atoms with Gasteiger partial charge in [-0.25, -0.2) is 17.5 Å². The summed E-state index contributed by atoms with van der Waals surface area (Å²) in [5.41, 5.74) is 4.95. The van der Waals surface area contributed by atoms with Crippen molar-refractivity contribution in [3.63, 3.8) is 0 Å². The number of benzene rings is 4. The van der Waals surface area contributed by atoms with Gasteiger partial charge < -0.3 is 0 Å². The zero-order valence-electron chi connectivity index (χ0n) is 20.8. The van der Waals surface area contributed by atoms with Crippen molar-refractivity contribution >= 4 is 20.9 Å². The number of sulfonamides is 1. The fraction of sp³-hybridized carbons (Fsp3) is 0.194. The van der Waals surface area contributed by atoms with Crippen LogP contribution in [-0.4, -0.2) is 35.6 Å². The predicted molar refractivity (Wildman–Crippen MR) is 145 cm³/mol. The van der Waals surface area contributed by atoms with Crippen molar-refractivity contribution in [2.45, 2.75) is 23.2 Å². The molecule has 0 N–H and O–H groups in total. The molecule has 4 aromatic carbocycles. The summed E-state index contributed by atoms with van der Waals surface area (Å²) < 4.78 is 44.2. The molecular formula is C31H26FN3O2S. The third-order valence-electron chi connectivity index (χ3n) is 8.37. The van der Waals surface area contributed by atoms with E-state index in [0.717, 1.165) is 22.2 Å². The molecule has 38 heavy (non-hydrogen) atoms. The Kier molecular flexibility index (Phi) is 5.12. The van der Waals surface area contributed by atoms with Crippen LogP contribution in [0.3, 0.4) is 0 Å². The molecule has 0 amide bonds. The Labute approximate surface area is 221 Å². The summed E-state index contributed by atoms with van der Waals surface area (Å²) in [7, 11) is -3.60. The fourth-order valence-corrected chi connectivity index (χ4v) is 8.15. The van der Waals surface area contributed by atoms with Crippen molar-refractivity contribution in [2.75, 3.05) is 13.1 Å². The van der Waals surface area contributed by atoms with E-state index in [1.54, 1.807) is 40.7 Å². The standard InChI is InChI=1S/C31H26FN3O2S/c1-21-16-29-23(18-33-35(29)25-14-12-24(32)13-15-25)17-27(21)31-20-34(38(36,37)26-10-6-3-7-11-26)19-28(31)30(31)22-8-4-2-5-9-22/h2-18,28,30H,19-20H2,1H3/t28-,30-,31+/m1/s1. The first-order valence-corrected chi connectivity index (χ1v) is 14.2. The van der Waals surface area contributed by atoms with Gasteiger partial charge in [-0.3, -0.25) is 0 Å². The van der Waals surface area contributed by atoms with E-state index >= 15 is 0 Å². The maximum Gasteiger partial charge on any atom is 0.243 e. The molecule has 0 unspecified atom stereocenters. The molecule has 0 bridgehead atoms. The number of nitrogens with zero attached hydrogens (tertiary/aromatic N) is 3. The van der Waals surface area contributed by atoms with Gasteiger partial charge in [-0.2, -0.15) is 9.40 Å². The molecule has 1 saturated carbocycles. The van der Waals surface area contributed by atoms with E-state index in [2.05, 4.69) is 48.4 Å². The molecule has 1 aliphatic carbocycles. The van der Waals surface area contributed by atoms with Crippen LogP contribution in [0.25, 0.3) is 16.6 Å². The molecule has 0 spiro atoms. The highest BCUT2D eigenvalue weighted by molar-refractivity contribution is 7.89. The summed E-state index contributed by atoms with van der Waals surface area (Å²) in [6.45, 7) is 3.02. The van der Waals surface area contributed by atoms with Crippen LogP contribution >= 0.6 is 0 Å². The van der Waals surface area contributed by atoms with Crippen LogP contribution in [0.2, 0.25) is 0 Å². The zero-order valence-corrected chi connectivity index (χ0v) is 21.6. The number of rotatable bonds is 5. The van der Waals surface area contributed by atoms with Gasteiger partial charge in [0.25, 0.3) is 0 Å². The molecular weight excluding hydrogens is 497 g/mol. The van der Waals surface area contributed by atoms with E-state index < -0.39 is 10.0 Å². The molecule has 2 aliphatic rings. The average molecular weight is 524 g/mol. The lowest BCUT2D eigenvalue weighted by molar-refractivity contribution is 0.421. The van der Waals surface area contributed by atoms with E-state index in [1.807, 2.05) is 23.0 Å². The summed E-state index contributed by atoms with van der Waals surface area (Å²) >= 11 is 0. The smallest absolute Gasteiger partial charge is 0.233 e. The van der Waals surface area contributed by atoms with E-state index in [1.165, 1.54) is 23.3 Å². The number of aryl methyl sites for hydroxylation is 1. The molecule has 5 nitrogen and oxygen atoms in total. The number of aromatic nitrogens is 2. The third-order valence-corrected chi connectivity index (χ3v) is 10.2. The molecule has 7 rings (SSSR count). The van der Waals surface area contributed by atoms with Crippen LogP contribution < -0.4 is 0 Å². The van der Waals surface area contributed by atoms with Crippen LogP contribution in [0.4, 0.5) is 4.39 Å². The minimum Gasteiger partial charge on any atom is -0.233 e. The van der Waals surface area contributed by atoms with Crippen LogP contribution in [0.5, 0.6) is 0 Å². The number of hydrogen-bond acceptors (Lipinski definition) is 3. The predicted octanol–water partition coefficient (Wildman–Crippen LogP) is 5.83. The lowest BCUT2D eigenvalue weighted by Crippen LogP contribution is -2.34. The molecule has 3 atom stereocenters. The van der Waals surface area contributed by atoms with Crippen molar-refractivity contribution in [1.82, 2.24) is 14.1 Å². The van der Waals surface area contributed by atoms with Crippen molar-refractivity contribution in [3.8, 4) is 5.69 Å². The van der Waals surface area contributed by atoms with Crippen LogP contribution in [-0.2, 0) is 15.4 Å². The molecule has 5 aromatic rings. The highest BCUT2D eigenvalue weighted by Gasteiger charge is 2.71. The van der Waals surface area contributed by atoms with Gasteiger partial charge in [0.15, 0.2) is 0 Å². The van der Waals surface area contributed by atoms with Crippen LogP contribution in [0, 0.1) is 18.7 Å². The molecule has 2 fully saturated rings. The summed E-state index contributed by atoms with van der Waals surface area (Å²) in [6, 6.07) is 29.7. The number of piperidine rings is 1. The topological polar surface area (TPSA) is 55.2 Å². The van der Waals surface area contributed by atoms with Gasteiger partial charge in [-0.05, 0) is 78.1 Å². The SMILES string of the molecule is Cc1cc2c(cnn2-c2ccc(F)cc2)cc1[C@@]12CN(S(=O)(=O)c3ccccc3)C[C@@H]1[C@H]2c1ccccc1. The van der Waals surface area contributed by atoms with Gasteiger partial charge >= 0.3 is 0 Å².